The molecule has 0 aliphatic carbocycles. The number of phenolic OH excluding ortho intramolecular Hbond substituents is 1. The van der Waals surface area contributed by atoms with Crippen LogP contribution in [0.1, 0.15) is 20.7 Å². The maximum Gasteiger partial charge on any atom is 0.256 e. The molecule has 2 aromatic carbocycles. The highest BCUT2D eigenvalue weighted by Crippen LogP contribution is 2.17. The summed E-state index contributed by atoms with van der Waals surface area (Å²) in [6.45, 7) is 1.09. The van der Waals surface area contributed by atoms with E-state index in [9.17, 15) is 23.5 Å². The fraction of sp³-hybridized carbons (Fsp3) is 0.222. The lowest BCUT2D eigenvalue weighted by Gasteiger charge is -2.35. The third-order valence-electron chi connectivity index (χ3n) is 4.11. The smallest absolute Gasteiger partial charge is 0.256 e. The first kappa shape index (κ1) is 16.9. The van der Waals surface area contributed by atoms with E-state index in [1.807, 2.05) is 0 Å². The molecular weight excluding hydrogens is 330 g/mol. The number of carbonyl (C=O) groups is 2. The number of rotatable bonds is 2. The molecule has 5 nitrogen and oxygen atoms in total. The number of nitrogens with zero attached hydrogens (tertiary/aromatic N) is 2. The number of hydrogen-bond donors (Lipinski definition) is 1. The normalized spacial score (nSPS) is 14.5. The summed E-state index contributed by atoms with van der Waals surface area (Å²) in [6, 6.07) is 8.88. The molecule has 7 heteroatoms. The van der Waals surface area contributed by atoms with E-state index in [2.05, 4.69) is 0 Å². The fourth-order valence-electron chi connectivity index (χ4n) is 2.77. The second-order valence-electron chi connectivity index (χ2n) is 5.76. The van der Waals surface area contributed by atoms with Crippen LogP contribution in [0.3, 0.4) is 0 Å². The molecule has 2 amide bonds. The quantitative estimate of drug-likeness (QED) is 0.907. The minimum atomic E-state index is -0.900. The monoisotopic (exact) mass is 346 g/mol. The lowest BCUT2D eigenvalue weighted by Crippen LogP contribution is -2.50. The Kier molecular flexibility index (Phi) is 4.65. The van der Waals surface area contributed by atoms with Crippen molar-refractivity contribution in [2.75, 3.05) is 26.2 Å². The summed E-state index contributed by atoms with van der Waals surface area (Å²) in [4.78, 5) is 27.8. The molecule has 2 aromatic rings. The number of benzene rings is 2. The van der Waals surface area contributed by atoms with E-state index in [0.29, 0.717) is 24.7 Å². The molecule has 130 valence electrons. The highest BCUT2D eigenvalue weighted by molar-refractivity contribution is 5.96. The maximum absolute atomic E-state index is 13.7. The van der Waals surface area contributed by atoms with Crippen molar-refractivity contribution in [3.05, 3.63) is 65.2 Å². The molecular formula is C18H16F2N2O3. The Bertz CT molecular complexity index is 818. The molecule has 1 aliphatic heterocycles. The Balaban J connectivity index is 1.65. The number of hydrogen-bond acceptors (Lipinski definition) is 3. The van der Waals surface area contributed by atoms with Crippen LogP contribution in [0, 0.1) is 11.6 Å². The molecule has 1 fully saturated rings. The minimum absolute atomic E-state index is 0.00597. The van der Waals surface area contributed by atoms with E-state index in [1.54, 1.807) is 17.0 Å². The average Bonchev–Trinajstić information content (AvgIpc) is 2.61. The molecule has 1 saturated heterocycles. The molecule has 0 atom stereocenters. The van der Waals surface area contributed by atoms with E-state index in [-0.39, 0.29) is 30.3 Å². The van der Waals surface area contributed by atoms with Crippen molar-refractivity contribution < 1.29 is 23.5 Å². The van der Waals surface area contributed by atoms with Crippen molar-refractivity contribution in [2.45, 2.75) is 0 Å². The third-order valence-corrected chi connectivity index (χ3v) is 4.11. The summed E-state index contributed by atoms with van der Waals surface area (Å²) in [5, 5.41) is 9.46. The van der Waals surface area contributed by atoms with Crippen molar-refractivity contribution in [3.8, 4) is 5.75 Å². The first-order valence-corrected chi connectivity index (χ1v) is 7.78. The van der Waals surface area contributed by atoms with Gasteiger partial charge in [0.25, 0.3) is 11.8 Å². The van der Waals surface area contributed by atoms with Gasteiger partial charge in [-0.25, -0.2) is 8.78 Å². The highest BCUT2D eigenvalue weighted by atomic mass is 19.1. The number of phenols is 1. The van der Waals surface area contributed by atoms with Crippen molar-refractivity contribution in [2.24, 2.45) is 0 Å². The largest absolute Gasteiger partial charge is 0.508 e. The van der Waals surface area contributed by atoms with Crippen LogP contribution < -0.4 is 0 Å². The molecule has 0 spiro atoms. The number of carbonyl (C=O) groups excluding carboxylic acids is 2. The van der Waals surface area contributed by atoms with Crippen LogP contribution in [0.5, 0.6) is 5.75 Å². The zero-order chi connectivity index (χ0) is 18.0. The number of piperazine rings is 1. The first-order chi connectivity index (χ1) is 12.0. The van der Waals surface area contributed by atoms with Crippen LogP contribution >= 0.6 is 0 Å². The maximum atomic E-state index is 13.7. The zero-order valence-electron chi connectivity index (χ0n) is 13.3. The Morgan fingerprint density at radius 1 is 0.880 bits per heavy atom. The molecule has 25 heavy (non-hydrogen) atoms. The summed E-state index contributed by atoms with van der Waals surface area (Å²) in [6.07, 6.45) is 0. The van der Waals surface area contributed by atoms with Gasteiger partial charge in [0.05, 0.1) is 5.56 Å². The number of aromatic hydroxyl groups is 1. The Hall–Kier alpha value is -2.96. The predicted molar refractivity (Wildman–Crippen MR) is 86.3 cm³/mol. The van der Waals surface area contributed by atoms with Crippen LogP contribution in [0.2, 0.25) is 0 Å². The van der Waals surface area contributed by atoms with Gasteiger partial charge in [-0.3, -0.25) is 9.59 Å². The van der Waals surface area contributed by atoms with Crippen molar-refractivity contribution in [1.29, 1.82) is 0 Å². The van der Waals surface area contributed by atoms with E-state index in [0.717, 1.165) is 12.1 Å². The second-order valence-corrected chi connectivity index (χ2v) is 5.76. The van der Waals surface area contributed by atoms with Gasteiger partial charge in [-0.1, -0.05) is 6.07 Å². The van der Waals surface area contributed by atoms with Gasteiger partial charge in [0.2, 0.25) is 0 Å². The summed E-state index contributed by atoms with van der Waals surface area (Å²) in [5.74, 6) is -2.40. The van der Waals surface area contributed by atoms with E-state index < -0.39 is 17.5 Å². The van der Waals surface area contributed by atoms with E-state index in [1.165, 1.54) is 17.0 Å². The first-order valence-electron chi connectivity index (χ1n) is 7.78. The summed E-state index contributed by atoms with van der Waals surface area (Å²) in [5.41, 5.74) is 0.179. The lowest BCUT2D eigenvalue weighted by atomic mass is 10.1. The third kappa shape index (κ3) is 3.60. The van der Waals surface area contributed by atoms with Gasteiger partial charge in [-0.05, 0) is 30.3 Å². The molecule has 1 N–H and O–H groups in total. The molecule has 3 rings (SSSR count). The standard InChI is InChI=1S/C18H16F2N2O3/c19-13-4-5-15(16(20)11-13)18(25)22-8-6-21(7-9-22)17(24)12-2-1-3-14(23)10-12/h1-5,10-11,23H,6-9H2. The lowest BCUT2D eigenvalue weighted by molar-refractivity contribution is 0.0532. The summed E-state index contributed by atoms with van der Waals surface area (Å²) >= 11 is 0. The Morgan fingerprint density at radius 2 is 1.52 bits per heavy atom. The van der Waals surface area contributed by atoms with E-state index >= 15 is 0 Å². The minimum Gasteiger partial charge on any atom is -0.508 e. The number of amides is 2. The molecule has 0 unspecified atom stereocenters. The van der Waals surface area contributed by atoms with Gasteiger partial charge in [0.15, 0.2) is 0 Å². The van der Waals surface area contributed by atoms with Crippen molar-refractivity contribution in [1.82, 2.24) is 9.80 Å². The van der Waals surface area contributed by atoms with E-state index in [4.69, 9.17) is 0 Å². The van der Waals surface area contributed by atoms with Gasteiger partial charge < -0.3 is 14.9 Å². The molecule has 1 aliphatic rings. The summed E-state index contributed by atoms with van der Waals surface area (Å²) in [7, 11) is 0. The number of halogens is 2. The molecule has 0 bridgehead atoms. The van der Waals surface area contributed by atoms with Crippen molar-refractivity contribution >= 4 is 11.8 Å². The van der Waals surface area contributed by atoms with Crippen molar-refractivity contribution in [3.63, 3.8) is 0 Å². The van der Waals surface area contributed by atoms with Crippen LogP contribution in [0.15, 0.2) is 42.5 Å². The fourth-order valence-corrected chi connectivity index (χ4v) is 2.77. The van der Waals surface area contributed by atoms with Crippen LogP contribution in [-0.4, -0.2) is 52.9 Å². The predicted octanol–water partition coefficient (Wildman–Crippen LogP) is 2.27. The van der Waals surface area contributed by atoms with Gasteiger partial charge in [-0.2, -0.15) is 0 Å². The SMILES string of the molecule is O=C(c1cccc(O)c1)N1CCN(C(=O)c2ccc(F)cc2F)CC1. The molecule has 1 heterocycles. The van der Waals surface area contributed by atoms with Crippen LogP contribution in [-0.2, 0) is 0 Å². The molecule has 0 saturated carbocycles. The topological polar surface area (TPSA) is 60.9 Å². The Morgan fingerprint density at radius 3 is 2.12 bits per heavy atom. The van der Waals surface area contributed by atoms with Gasteiger partial charge >= 0.3 is 0 Å². The molecule has 0 radical (unpaired) electrons. The summed E-state index contributed by atoms with van der Waals surface area (Å²) < 4.78 is 26.7. The zero-order valence-corrected chi connectivity index (χ0v) is 13.3. The van der Waals surface area contributed by atoms with Crippen LogP contribution in [0.25, 0.3) is 0 Å². The van der Waals surface area contributed by atoms with Gasteiger partial charge in [0, 0.05) is 37.8 Å². The van der Waals surface area contributed by atoms with Crippen LogP contribution in [0.4, 0.5) is 8.78 Å². The second kappa shape index (κ2) is 6.88. The van der Waals surface area contributed by atoms with Gasteiger partial charge in [0.1, 0.15) is 17.4 Å². The Labute approximate surface area is 143 Å². The average molecular weight is 346 g/mol. The van der Waals surface area contributed by atoms with Gasteiger partial charge in [-0.15, -0.1) is 0 Å². The highest BCUT2D eigenvalue weighted by Gasteiger charge is 2.27. The molecule has 0 aromatic heterocycles.